The number of aliphatic hydroxyl groups is 1. The number of hydrogen-bond donors (Lipinski definition) is 1. The van der Waals surface area contributed by atoms with Gasteiger partial charge in [-0.1, -0.05) is 19.1 Å². The van der Waals surface area contributed by atoms with E-state index < -0.39 is 6.10 Å². The maximum absolute atomic E-state index is 12.4. The van der Waals surface area contributed by atoms with Crippen molar-refractivity contribution in [3.05, 3.63) is 29.8 Å². The zero-order valence-electron chi connectivity index (χ0n) is 12.2. The minimum atomic E-state index is -0.436. The first-order valence-corrected chi connectivity index (χ1v) is 7.27. The third kappa shape index (κ3) is 3.51. The minimum absolute atomic E-state index is 0.0324. The molecular formula is C16H23NO3. The van der Waals surface area contributed by atoms with Gasteiger partial charge in [-0.15, -0.1) is 0 Å². The molecule has 2 unspecified atom stereocenters. The number of benzene rings is 1. The highest BCUT2D eigenvalue weighted by molar-refractivity contribution is 5.81. The summed E-state index contributed by atoms with van der Waals surface area (Å²) >= 11 is 0. The van der Waals surface area contributed by atoms with E-state index in [0.29, 0.717) is 13.0 Å². The summed E-state index contributed by atoms with van der Waals surface area (Å²) in [5.74, 6) is 0.989. The molecule has 1 aromatic rings. The Labute approximate surface area is 120 Å². The molecule has 110 valence electrons. The molecule has 4 nitrogen and oxygen atoms in total. The highest BCUT2D eigenvalue weighted by Crippen LogP contribution is 2.20. The highest BCUT2D eigenvalue weighted by atomic mass is 16.5. The molecule has 2 rings (SSSR count). The molecule has 20 heavy (non-hydrogen) atoms. The lowest BCUT2D eigenvalue weighted by atomic mass is 10.1. The molecule has 1 amide bonds. The lowest BCUT2D eigenvalue weighted by Crippen LogP contribution is -2.40. The van der Waals surface area contributed by atoms with E-state index in [0.717, 1.165) is 24.3 Å². The number of carbonyl (C=O) groups excluding carboxylic acids is 1. The van der Waals surface area contributed by atoms with Crippen LogP contribution in [0.3, 0.4) is 0 Å². The molecule has 0 radical (unpaired) electrons. The van der Waals surface area contributed by atoms with Gasteiger partial charge in [0.1, 0.15) is 5.75 Å². The molecule has 0 aliphatic carbocycles. The van der Waals surface area contributed by atoms with Crippen LogP contribution in [0.15, 0.2) is 24.3 Å². The Hall–Kier alpha value is -1.55. The van der Waals surface area contributed by atoms with Gasteiger partial charge < -0.3 is 14.7 Å². The third-order valence-corrected chi connectivity index (χ3v) is 3.77. The van der Waals surface area contributed by atoms with Crippen LogP contribution in [0, 0.1) is 12.8 Å². The molecule has 1 saturated heterocycles. The lowest BCUT2D eigenvalue weighted by Gasteiger charge is -2.23. The van der Waals surface area contributed by atoms with E-state index in [1.807, 2.05) is 43.0 Å². The predicted octanol–water partition coefficient (Wildman–Crippen LogP) is 1.99. The van der Waals surface area contributed by atoms with Crippen LogP contribution in [0.4, 0.5) is 0 Å². The molecule has 2 atom stereocenters. The van der Waals surface area contributed by atoms with E-state index in [1.165, 1.54) is 0 Å². The van der Waals surface area contributed by atoms with Crippen LogP contribution in [-0.4, -0.2) is 41.7 Å². The molecule has 1 N–H and O–H groups in total. The SMILES string of the molecule is CCC(Oc1cccc(C)c1)C(=O)N1CCC(CO)C1. The van der Waals surface area contributed by atoms with E-state index in [2.05, 4.69) is 0 Å². The van der Waals surface area contributed by atoms with Crippen LogP contribution < -0.4 is 4.74 Å². The number of rotatable bonds is 5. The number of nitrogens with zero attached hydrogens (tertiary/aromatic N) is 1. The molecule has 1 heterocycles. The third-order valence-electron chi connectivity index (χ3n) is 3.77. The number of carbonyl (C=O) groups is 1. The normalized spacial score (nSPS) is 19.9. The summed E-state index contributed by atoms with van der Waals surface area (Å²) in [5, 5.41) is 9.16. The second-order valence-electron chi connectivity index (χ2n) is 5.45. The molecule has 1 aliphatic heterocycles. The molecular weight excluding hydrogens is 254 g/mol. The maximum atomic E-state index is 12.4. The van der Waals surface area contributed by atoms with Crippen molar-refractivity contribution in [2.75, 3.05) is 19.7 Å². The summed E-state index contributed by atoms with van der Waals surface area (Å²) in [4.78, 5) is 14.3. The van der Waals surface area contributed by atoms with Crippen molar-refractivity contribution >= 4 is 5.91 Å². The van der Waals surface area contributed by atoms with Gasteiger partial charge in [-0.2, -0.15) is 0 Å². The largest absolute Gasteiger partial charge is 0.481 e. The van der Waals surface area contributed by atoms with Crippen LogP contribution in [0.1, 0.15) is 25.3 Å². The summed E-state index contributed by atoms with van der Waals surface area (Å²) in [6.45, 7) is 5.47. The van der Waals surface area contributed by atoms with Crippen molar-refractivity contribution in [3.8, 4) is 5.75 Å². The average molecular weight is 277 g/mol. The Balaban J connectivity index is 1.99. The number of aliphatic hydroxyl groups excluding tert-OH is 1. The van der Waals surface area contributed by atoms with E-state index in [4.69, 9.17) is 9.84 Å². The number of hydrogen-bond acceptors (Lipinski definition) is 3. The molecule has 4 heteroatoms. The van der Waals surface area contributed by atoms with Gasteiger partial charge in [0.2, 0.25) is 0 Å². The maximum Gasteiger partial charge on any atom is 0.263 e. The smallest absolute Gasteiger partial charge is 0.263 e. The first kappa shape index (κ1) is 14.9. The summed E-state index contributed by atoms with van der Waals surface area (Å²) in [6.07, 6.45) is 1.09. The van der Waals surface area contributed by atoms with Gasteiger partial charge in [0, 0.05) is 25.6 Å². The monoisotopic (exact) mass is 277 g/mol. The van der Waals surface area contributed by atoms with Crippen LogP contribution in [0.5, 0.6) is 5.75 Å². The molecule has 0 spiro atoms. The second kappa shape index (κ2) is 6.75. The molecule has 0 saturated carbocycles. The molecule has 1 aliphatic rings. The van der Waals surface area contributed by atoms with E-state index in [1.54, 1.807) is 0 Å². The van der Waals surface area contributed by atoms with Gasteiger partial charge >= 0.3 is 0 Å². The van der Waals surface area contributed by atoms with Crippen molar-refractivity contribution in [1.29, 1.82) is 0 Å². The van der Waals surface area contributed by atoms with Crippen LogP contribution in [-0.2, 0) is 4.79 Å². The van der Waals surface area contributed by atoms with E-state index in [9.17, 15) is 4.79 Å². The summed E-state index contributed by atoms with van der Waals surface area (Å²) in [7, 11) is 0. The fourth-order valence-corrected chi connectivity index (χ4v) is 2.55. The van der Waals surface area contributed by atoms with Crippen LogP contribution >= 0.6 is 0 Å². The number of likely N-dealkylation sites (tertiary alicyclic amines) is 1. The van der Waals surface area contributed by atoms with Crippen molar-refractivity contribution < 1.29 is 14.6 Å². The Bertz CT molecular complexity index is 461. The Morgan fingerprint density at radius 2 is 2.35 bits per heavy atom. The Kier molecular flexibility index (Phi) is 5.01. The van der Waals surface area contributed by atoms with Gasteiger partial charge in [-0.3, -0.25) is 4.79 Å². The van der Waals surface area contributed by atoms with Gasteiger partial charge in [0.25, 0.3) is 5.91 Å². The van der Waals surface area contributed by atoms with Gasteiger partial charge in [-0.05, 0) is 37.5 Å². The first-order chi connectivity index (χ1) is 9.63. The standard InChI is InChI=1S/C16H23NO3/c1-3-15(20-14-6-4-5-12(2)9-14)16(19)17-8-7-13(10-17)11-18/h4-6,9,13,15,18H,3,7-8,10-11H2,1-2H3. The lowest BCUT2D eigenvalue weighted by molar-refractivity contribution is -0.137. The summed E-state index contributed by atoms with van der Waals surface area (Å²) in [5.41, 5.74) is 1.12. The summed E-state index contributed by atoms with van der Waals surface area (Å²) in [6, 6.07) is 7.75. The minimum Gasteiger partial charge on any atom is -0.481 e. The quantitative estimate of drug-likeness (QED) is 0.895. The van der Waals surface area contributed by atoms with Crippen molar-refractivity contribution in [2.45, 2.75) is 32.8 Å². The van der Waals surface area contributed by atoms with E-state index in [-0.39, 0.29) is 18.4 Å². The predicted molar refractivity (Wildman–Crippen MR) is 77.7 cm³/mol. The number of ether oxygens (including phenoxy) is 1. The zero-order chi connectivity index (χ0) is 14.5. The van der Waals surface area contributed by atoms with Crippen molar-refractivity contribution in [1.82, 2.24) is 4.90 Å². The number of aryl methyl sites for hydroxylation is 1. The van der Waals surface area contributed by atoms with Gasteiger partial charge in [0.05, 0.1) is 0 Å². The van der Waals surface area contributed by atoms with E-state index >= 15 is 0 Å². The van der Waals surface area contributed by atoms with Crippen molar-refractivity contribution in [2.24, 2.45) is 5.92 Å². The first-order valence-electron chi connectivity index (χ1n) is 7.27. The molecule has 0 bridgehead atoms. The zero-order valence-corrected chi connectivity index (χ0v) is 12.2. The van der Waals surface area contributed by atoms with Crippen molar-refractivity contribution in [3.63, 3.8) is 0 Å². The number of amides is 1. The summed E-state index contributed by atoms with van der Waals surface area (Å²) < 4.78 is 5.83. The topological polar surface area (TPSA) is 49.8 Å². The molecule has 1 aromatic carbocycles. The molecule has 0 aromatic heterocycles. The second-order valence-corrected chi connectivity index (χ2v) is 5.45. The van der Waals surface area contributed by atoms with Gasteiger partial charge in [0.15, 0.2) is 6.10 Å². The van der Waals surface area contributed by atoms with Gasteiger partial charge in [-0.25, -0.2) is 0 Å². The Morgan fingerprint density at radius 1 is 1.55 bits per heavy atom. The van der Waals surface area contributed by atoms with Crippen LogP contribution in [0.25, 0.3) is 0 Å². The Morgan fingerprint density at radius 3 is 2.95 bits per heavy atom. The fraction of sp³-hybridized carbons (Fsp3) is 0.562. The average Bonchev–Trinajstić information content (AvgIpc) is 2.93. The van der Waals surface area contributed by atoms with Crippen LogP contribution in [0.2, 0.25) is 0 Å². The molecule has 1 fully saturated rings. The fourth-order valence-electron chi connectivity index (χ4n) is 2.55. The highest BCUT2D eigenvalue weighted by Gasteiger charge is 2.30.